The first-order valence-corrected chi connectivity index (χ1v) is 9.06. The van der Waals surface area contributed by atoms with Crippen LogP contribution in [0.2, 0.25) is 0 Å². The van der Waals surface area contributed by atoms with Crippen molar-refractivity contribution in [3.8, 4) is 0 Å². The normalized spacial score (nSPS) is 18.7. The fourth-order valence-electron chi connectivity index (χ4n) is 2.61. The Hall–Kier alpha value is -1.27. The molecule has 1 aromatic rings. The number of rotatable bonds is 7. The van der Waals surface area contributed by atoms with Crippen molar-refractivity contribution in [2.24, 2.45) is 11.8 Å². The SMILES string of the molecule is CNS(=O)(=O)c1cc(N)ccc1N(CC1CC1)CC1CC1. The second-order valence-corrected chi connectivity index (χ2v) is 8.08. The number of benzene rings is 1. The molecule has 3 N–H and O–H groups in total. The third-order valence-electron chi connectivity index (χ3n) is 4.23. The average Bonchev–Trinajstić information content (AvgIpc) is 3.33. The number of nitrogens with zero attached hydrogens (tertiary/aromatic N) is 1. The van der Waals surface area contributed by atoms with Crippen LogP contribution >= 0.6 is 0 Å². The molecular formula is C15H23N3O2S. The molecule has 0 aromatic heterocycles. The third-order valence-corrected chi connectivity index (χ3v) is 5.68. The fraction of sp³-hybridized carbons (Fsp3) is 0.600. The molecule has 0 spiro atoms. The van der Waals surface area contributed by atoms with Gasteiger partial charge in [0.05, 0.1) is 5.69 Å². The summed E-state index contributed by atoms with van der Waals surface area (Å²) >= 11 is 0. The minimum atomic E-state index is -3.50. The molecule has 3 rings (SSSR count). The van der Waals surface area contributed by atoms with Crippen molar-refractivity contribution in [2.75, 3.05) is 30.8 Å². The van der Waals surface area contributed by atoms with E-state index in [0.717, 1.165) is 18.8 Å². The molecular weight excluding hydrogens is 286 g/mol. The molecule has 5 nitrogen and oxygen atoms in total. The average molecular weight is 309 g/mol. The molecule has 2 aliphatic carbocycles. The Morgan fingerprint density at radius 2 is 1.76 bits per heavy atom. The molecule has 2 fully saturated rings. The second-order valence-electron chi connectivity index (χ2n) is 6.23. The predicted molar refractivity (Wildman–Crippen MR) is 84.8 cm³/mol. The maximum absolute atomic E-state index is 12.3. The Morgan fingerprint density at radius 1 is 1.19 bits per heavy atom. The molecule has 6 heteroatoms. The van der Waals surface area contributed by atoms with Gasteiger partial charge in [-0.25, -0.2) is 13.1 Å². The number of nitrogens with two attached hydrogens (primary N) is 1. The number of hydrogen-bond donors (Lipinski definition) is 2. The van der Waals surface area contributed by atoms with Gasteiger partial charge < -0.3 is 10.6 Å². The Bertz CT molecular complexity index is 608. The highest BCUT2D eigenvalue weighted by Gasteiger charge is 2.31. The topological polar surface area (TPSA) is 75.4 Å². The van der Waals surface area contributed by atoms with Gasteiger partial charge >= 0.3 is 0 Å². The van der Waals surface area contributed by atoms with E-state index in [0.29, 0.717) is 22.4 Å². The van der Waals surface area contributed by atoms with Crippen molar-refractivity contribution in [3.05, 3.63) is 18.2 Å². The third kappa shape index (κ3) is 3.49. The molecule has 1 aromatic carbocycles. The minimum absolute atomic E-state index is 0.298. The lowest BCUT2D eigenvalue weighted by Crippen LogP contribution is -2.31. The molecule has 0 heterocycles. The summed E-state index contributed by atoms with van der Waals surface area (Å²) in [5.41, 5.74) is 7.06. The summed E-state index contributed by atoms with van der Waals surface area (Å²) in [6.45, 7) is 1.90. The maximum atomic E-state index is 12.3. The first-order valence-electron chi connectivity index (χ1n) is 7.57. The zero-order chi connectivity index (χ0) is 15.0. The van der Waals surface area contributed by atoms with Crippen molar-refractivity contribution >= 4 is 21.4 Å². The van der Waals surface area contributed by atoms with Gasteiger partial charge in [0, 0.05) is 18.8 Å². The Balaban J connectivity index is 1.96. The summed E-state index contributed by atoms with van der Waals surface area (Å²) < 4.78 is 27.0. The van der Waals surface area contributed by atoms with Crippen LogP contribution in [0.5, 0.6) is 0 Å². The van der Waals surface area contributed by atoms with Crippen LogP contribution in [0, 0.1) is 11.8 Å². The highest BCUT2D eigenvalue weighted by Crippen LogP contribution is 2.38. The lowest BCUT2D eigenvalue weighted by molar-refractivity contribution is 0.586. The Kier molecular flexibility index (Phi) is 3.84. The van der Waals surface area contributed by atoms with Crippen LogP contribution in [0.25, 0.3) is 0 Å². The highest BCUT2D eigenvalue weighted by atomic mass is 32.2. The van der Waals surface area contributed by atoms with Crippen LogP contribution in [0.3, 0.4) is 0 Å². The quantitative estimate of drug-likeness (QED) is 0.753. The molecule has 0 bridgehead atoms. The summed E-state index contributed by atoms with van der Waals surface area (Å²) in [5.74, 6) is 1.43. The second kappa shape index (κ2) is 5.50. The molecule has 0 radical (unpaired) electrons. The minimum Gasteiger partial charge on any atom is -0.399 e. The maximum Gasteiger partial charge on any atom is 0.242 e. The van der Waals surface area contributed by atoms with Gasteiger partial charge in [0.1, 0.15) is 4.90 Å². The number of hydrogen-bond acceptors (Lipinski definition) is 4. The van der Waals surface area contributed by atoms with E-state index in [2.05, 4.69) is 9.62 Å². The van der Waals surface area contributed by atoms with Crippen LogP contribution < -0.4 is 15.4 Å². The molecule has 2 aliphatic rings. The van der Waals surface area contributed by atoms with E-state index in [1.54, 1.807) is 12.1 Å². The summed E-state index contributed by atoms with van der Waals surface area (Å²) in [4.78, 5) is 2.55. The van der Waals surface area contributed by atoms with Gasteiger partial charge in [-0.05, 0) is 62.8 Å². The molecule has 21 heavy (non-hydrogen) atoms. The number of nitrogens with one attached hydrogen (secondary N) is 1. The molecule has 0 aliphatic heterocycles. The van der Waals surface area contributed by atoms with Gasteiger partial charge in [-0.3, -0.25) is 0 Å². The van der Waals surface area contributed by atoms with E-state index in [9.17, 15) is 8.42 Å². The van der Waals surface area contributed by atoms with E-state index in [-0.39, 0.29) is 0 Å². The predicted octanol–water partition coefficient (Wildman–Crippen LogP) is 1.80. The van der Waals surface area contributed by atoms with Gasteiger partial charge in [-0.15, -0.1) is 0 Å². The molecule has 0 atom stereocenters. The largest absolute Gasteiger partial charge is 0.399 e. The van der Waals surface area contributed by atoms with E-state index in [1.807, 2.05) is 6.07 Å². The van der Waals surface area contributed by atoms with Gasteiger partial charge in [-0.2, -0.15) is 0 Å². The lowest BCUT2D eigenvalue weighted by Gasteiger charge is -2.27. The van der Waals surface area contributed by atoms with E-state index >= 15 is 0 Å². The van der Waals surface area contributed by atoms with Gasteiger partial charge in [0.25, 0.3) is 0 Å². The van der Waals surface area contributed by atoms with Crippen molar-refractivity contribution in [1.29, 1.82) is 0 Å². The Labute approximate surface area is 126 Å². The fourth-order valence-corrected chi connectivity index (χ4v) is 3.60. The molecule has 2 saturated carbocycles. The van der Waals surface area contributed by atoms with Crippen LogP contribution in [0.1, 0.15) is 25.7 Å². The lowest BCUT2D eigenvalue weighted by atomic mass is 10.2. The number of sulfonamides is 1. The van der Waals surface area contributed by atoms with E-state index < -0.39 is 10.0 Å². The zero-order valence-electron chi connectivity index (χ0n) is 12.4. The molecule has 0 unspecified atom stereocenters. The highest BCUT2D eigenvalue weighted by molar-refractivity contribution is 7.89. The van der Waals surface area contributed by atoms with Gasteiger partial charge in [0.15, 0.2) is 0 Å². The number of anilines is 2. The summed E-state index contributed by atoms with van der Waals surface area (Å²) in [6.07, 6.45) is 5.02. The van der Waals surface area contributed by atoms with Crippen molar-refractivity contribution < 1.29 is 8.42 Å². The summed E-state index contributed by atoms with van der Waals surface area (Å²) in [5, 5.41) is 0. The number of nitrogen functional groups attached to an aromatic ring is 1. The van der Waals surface area contributed by atoms with Crippen molar-refractivity contribution in [2.45, 2.75) is 30.6 Å². The smallest absolute Gasteiger partial charge is 0.242 e. The van der Waals surface area contributed by atoms with E-state index in [1.165, 1.54) is 32.7 Å². The van der Waals surface area contributed by atoms with Crippen LogP contribution in [-0.4, -0.2) is 28.6 Å². The van der Waals surface area contributed by atoms with Gasteiger partial charge in [-0.1, -0.05) is 0 Å². The monoisotopic (exact) mass is 309 g/mol. The Morgan fingerprint density at radius 3 is 2.24 bits per heavy atom. The van der Waals surface area contributed by atoms with E-state index in [4.69, 9.17) is 5.73 Å². The van der Waals surface area contributed by atoms with Crippen LogP contribution in [0.4, 0.5) is 11.4 Å². The molecule has 116 valence electrons. The summed E-state index contributed by atoms with van der Waals surface area (Å²) in [6, 6.07) is 5.20. The zero-order valence-corrected chi connectivity index (χ0v) is 13.2. The first-order chi connectivity index (χ1) is 9.99. The van der Waals surface area contributed by atoms with Crippen LogP contribution in [-0.2, 0) is 10.0 Å². The van der Waals surface area contributed by atoms with Crippen molar-refractivity contribution in [3.63, 3.8) is 0 Å². The van der Waals surface area contributed by atoms with Crippen molar-refractivity contribution in [1.82, 2.24) is 4.72 Å². The van der Waals surface area contributed by atoms with Gasteiger partial charge in [0.2, 0.25) is 10.0 Å². The molecule has 0 saturated heterocycles. The standard InChI is InChI=1S/C15H23N3O2S/c1-17-21(19,20)15-8-13(16)6-7-14(15)18(9-11-2-3-11)10-12-4-5-12/h6-8,11-12,17H,2-5,9-10,16H2,1H3. The summed E-state index contributed by atoms with van der Waals surface area (Å²) in [7, 11) is -2.06. The first kappa shape index (κ1) is 14.7. The van der Waals surface area contributed by atoms with Crippen LogP contribution in [0.15, 0.2) is 23.1 Å². The molecule has 0 amide bonds.